The lowest BCUT2D eigenvalue weighted by Crippen LogP contribution is -2.11. The van der Waals surface area contributed by atoms with Crippen molar-refractivity contribution in [3.05, 3.63) is 206 Å². The van der Waals surface area contributed by atoms with Crippen LogP contribution in [0.1, 0.15) is 0 Å². The highest BCUT2D eigenvalue weighted by atomic mass is 15.1. The van der Waals surface area contributed by atoms with Gasteiger partial charge in [0.25, 0.3) is 0 Å². The fraction of sp³-hybridized carbons (Fsp3) is 0. The van der Waals surface area contributed by atoms with Crippen molar-refractivity contribution in [2.45, 2.75) is 0 Å². The summed E-state index contributed by atoms with van der Waals surface area (Å²) in [5, 5.41) is 7.88. The lowest BCUT2D eigenvalue weighted by Gasteiger charge is -2.28. The Labute approximate surface area is 330 Å². The zero-order valence-corrected chi connectivity index (χ0v) is 30.9. The zero-order chi connectivity index (χ0) is 37.7. The van der Waals surface area contributed by atoms with Crippen LogP contribution in [-0.4, -0.2) is 15.0 Å². The quantitative estimate of drug-likeness (QED) is 0.160. The van der Waals surface area contributed by atoms with E-state index >= 15 is 0 Å². The van der Waals surface area contributed by atoms with Crippen molar-refractivity contribution in [1.29, 1.82) is 0 Å². The lowest BCUT2D eigenvalue weighted by atomic mass is 9.92. The molecule has 0 aliphatic heterocycles. The Balaban J connectivity index is 1.17. The van der Waals surface area contributed by atoms with Crippen molar-refractivity contribution in [3.63, 3.8) is 0 Å². The van der Waals surface area contributed by atoms with Crippen molar-refractivity contribution < 1.29 is 0 Å². The molecule has 0 unspecified atom stereocenters. The molecular formula is C53H34N4. The van der Waals surface area contributed by atoms with Crippen LogP contribution in [0, 0.1) is 0 Å². The van der Waals surface area contributed by atoms with E-state index in [2.05, 4.69) is 193 Å². The molecule has 11 aromatic rings. The first kappa shape index (κ1) is 32.7. The Bertz CT molecular complexity index is 3230. The molecule has 0 bridgehead atoms. The molecule has 4 nitrogen and oxygen atoms in total. The summed E-state index contributed by atoms with van der Waals surface area (Å²) in [7, 11) is 0. The summed E-state index contributed by atoms with van der Waals surface area (Å²) in [5.41, 5.74) is 11.8. The Hall–Kier alpha value is -7.69. The Morgan fingerprint density at radius 3 is 1.54 bits per heavy atom. The van der Waals surface area contributed by atoms with E-state index in [0.717, 1.165) is 88.9 Å². The van der Waals surface area contributed by atoms with E-state index in [1.54, 1.807) is 0 Å². The van der Waals surface area contributed by atoms with E-state index in [9.17, 15) is 0 Å². The normalized spacial score (nSPS) is 11.5. The molecule has 0 saturated carbocycles. The van der Waals surface area contributed by atoms with Crippen molar-refractivity contribution in [1.82, 2.24) is 15.0 Å². The number of hydrogen-bond donors (Lipinski definition) is 0. The molecule has 0 spiro atoms. The van der Waals surface area contributed by atoms with Crippen molar-refractivity contribution in [2.75, 3.05) is 4.90 Å². The summed E-state index contributed by atoms with van der Waals surface area (Å²) in [6.45, 7) is 0. The molecule has 3 aromatic heterocycles. The van der Waals surface area contributed by atoms with Crippen LogP contribution >= 0.6 is 0 Å². The van der Waals surface area contributed by atoms with Gasteiger partial charge in [0.05, 0.1) is 39.3 Å². The van der Waals surface area contributed by atoms with E-state index in [1.165, 1.54) is 16.2 Å². The summed E-state index contributed by atoms with van der Waals surface area (Å²) < 4.78 is 0. The van der Waals surface area contributed by atoms with Gasteiger partial charge < -0.3 is 4.90 Å². The molecule has 0 aliphatic carbocycles. The second-order valence-electron chi connectivity index (χ2n) is 14.4. The largest absolute Gasteiger partial charge is 0.310 e. The average molecular weight is 727 g/mol. The molecule has 0 fully saturated rings. The van der Waals surface area contributed by atoms with Gasteiger partial charge in [-0.25, -0.2) is 15.0 Å². The summed E-state index contributed by atoms with van der Waals surface area (Å²) in [4.78, 5) is 18.4. The van der Waals surface area contributed by atoms with Crippen LogP contribution < -0.4 is 4.90 Å². The molecule has 0 aliphatic rings. The molecule has 0 N–H and O–H groups in total. The van der Waals surface area contributed by atoms with Gasteiger partial charge in [0, 0.05) is 55.0 Å². The number of pyridine rings is 3. The van der Waals surface area contributed by atoms with E-state index < -0.39 is 0 Å². The number of anilines is 3. The Kier molecular flexibility index (Phi) is 7.78. The van der Waals surface area contributed by atoms with Crippen LogP contribution in [0.15, 0.2) is 206 Å². The van der Waals surface area contributed by atoms with E-state index in [4.69, 9.17) is 15.0 Å². The molecule has 3 heterocycles. The van der Waals surface area contributed by atoms with Gasteiger partial charge in [-0.15, -0.1) is 0 Å². The Morgan fingerprint density at radius 2 is 0.860 bits per heavy atom. The lowest BCUT2D eigenvalue weighted by molar-refractivity contribution is 1.30. The van der Waals surface area contributed by atoms with Crippen LogP contribution in [0.5, 0.6) is 0 Å². The third kappa shape index (κ3) is 5.66. The molecule has 0 atom stereocenters. The predicted molar refractivity (Wildman–Crippen MR) is 238 cm³/mol. The minimum Gasteiger partial charge on any atom is -0.310 e. The maximum Gasteiger partial charge on any atom is 0.0972 e. The van der Waals surface area contributed by atoms with Gasteiger partial charge >= 0.3 is 0 Å². The van der Waals surface area contributed by atoms with Gasteiger partial charge in [0.1, 0.15) is 0 Å². The predicted octanol–water partition coefficient (Wildman–Crippen LogP) is 14.1. The number of benzene rings is 8. The van der Waals surface area contributed by atoms with Gasteiger partial charge in [0.2, 0.25) is 0 Å². The standard InChI is InChI=1S/C53H34N4/c1-4-15-35(16-5-1)45-31-29-36-27-28-37-30-32-46(55-53(37)52(36)54-45)39-18-14-19-40(33-39)51-50-48(57(41-20-6-2-7-21-41)42-22-8-3-9-23-42)34-38-17-10-11-24-43(38)49(50)44-25-12-13-26-47(44)56-51/h1-34H. The number of aromatic nitrogens is 3. The smallest absolute Gasteiger partial charge is 0.0972 e. The Morgan fingerprint density at radius 1 is 0.333 bits per heavy atom. The van der Waals surface area contributed by atoms with E-state index in [0.29, 0.717) is 0 Å². The van der Waals surface area contributed by atoms with Crippen molar-refractivity contribution >= 4 is 71.3 Å². The minimum absolute atomic E-state index is 0.884. The van der Waals surface area contributed by atoms with Crippen molar-refractivity contribution in [3.8, 4) is 33.8 Å². The summed E-state index contributed by atoms with van der Waals surface area (Å²) in [6, 6.07) is 72.6. The first-order valence-electron chi connectivity index (χ1n) is 19.3. The molecule has 8 aromatic carbocycles. The minimum atomic E-state index is 0.884. The molecular weight excluding hydrogens is 693 g/mol. The summed E-state index contributed by atoms with van der Waals surface area (Å²) in [5.74, 6) is 0. The fourth-order valence-corrected chi connectivity index (χ4v) is 8.30. The highest BCUT2D eigenvalue weighted by Gasteiger charge is 2.23. The average Bonchev–Trinajstić information content (AvgIpc) is 3.29. The van der Waals surface area contributed by atoms with Gasteiger partial charge in [-0.05, 0) is 65.4 Å². The van der Waals surface area contributed by atoms with Crippen molar-refractivity contribution in [2.24, 2.45) is 0 Å². The van der Waals surface area contributed by atoms with Gasteiger partial charge in [-0.1, -0.05) is 152 Å². The number of fused-ring (bicyclic) bond motifs is 8. The SMILES string of the molecule is c1ccc(-c2ccc3ccc4ccc(-c5cccc(-c6nc7ccccc7c7c6c(N(c6ccccc6)c6ccccc6)cc6ccccc67)c5)nc4c3n2)cc1. The highest BCUT2D eigenvalue weighted by Crippen LogP contribution is 2.47. The molecule has 0 radical (unpaired) electrons. The van der Waals surface area contributed by atoms with Crippen LogP contribution in [0.2, 0.25) is 0 Å². The molecule has 0 amide bonds. The second kappa shape index (κ2) is 13.6. The maximum atomic E-state index is 5.52. The monoisotopic (exact) mass is 726 g/mol. The third-order valence-electron chi connectivity index (χ3n) is 11.0. The van der Waals surface area contributed by atoms with Crippen LogP contribution in [0.4, 0.5) is 17.1 Å². The molecule has 11 rings (SSSR count). The van der Waals surface area contributed by atoms with Gasteiger partial charge in [-0.2, -0.15) is 0 Å². The summed E-state index contributed by atoms with van der Waals surface area (Å²) >= 11 is 0. The van der Waals surface area contributed by atoms with Gasteiger partial charge in [-0.3, -0.25) is 0 Å². The maximum absolute atomic E-state index is 5.52. The second-order valence-corrected chi connectivity index (χ2v) is 14.4. The van der Waals surface area contributed by atoms with E-state index in [-0.39, 0.29) is 0 Å². The van der Waals surface area contributed by atoms with Crippen LogP contribution in [-0.2, 0) is 0 Å². The van der Waals surface area contributed by atoms with Gasteiger partial charge in [0.15, 0.2) is 0 Å². The summed E-state index contributed by atoms with van der Waals surface area (Å²) in [6.07, 6.45) is 0. The first-order chi connectivity index (χ1) is 28.3. The number of hydrogen-bond acceptors (Lipinski definition) is 4. The number of rotatable bonds is 6. The number of nitrogens with zero attached hydrogens (tertiary/aromatic N) is 4. The first-order valence-corrected chi connectivity index (χ1v) is 19.3. The molecule has 266 valence electrons. The molecule has 4 heteroatoms. The highest BCUT2D eigenvalue weighted by molar-refractivity contribution is 6.27. The third-order valence-corrected chi connectivity index (χ3v) is 11.0. The van der Waals surface area contributed by atoms with E-state index in [1.807, 2.05) is 18.2 Å². The number of para-hydroxylation sites is 3. The molecule has 0 saturated heterocycles. The topological polar surface area (TPSA) is 41.9 Å². The zero-order valence-electron chi connectivity index (χ0n) is 30.9. The van der Waals surface area contributed by atoms with Crippen LogP contribution in [0.3, 0.4) is 0 Å². The molecule has 57 heavy (non-hydrogen) atoms. The fourth-order valence-electron chi connectivity index (χ4n) is 8.30. The van der Waals surface area contributed by atoms with Crippen LogP contribution in [0.25, 0.3) is 88.0 Å².